The second-order valence-electron chi connectivity index (χ2n) is 0.247. The number of rotatable bonds is 0. The van der Waals surface area contributed by atoms with E-state index in [9.17, 15) is 13.2 Å². The minimum absolute atomic E-state index is 3.50. The lowest BCUT2D eigenvalue weighted by atomic mass is 11.6. The van der Waals surface area contributed by atoms with E-state index in [0.29, 0.717) is 0 Å². The molecule has 0 spiro atoms. The van der Waals surface area contributed by atoms with Gasteiger partial charge in [-0.05, 0) is 0 Å². The van der Waals surface area contributed by atoms with Crippen LogP contribution in [0.1, 0.15) is 0 Å². The van der Waals surface area contributed by atoms with Crippen LogP contribution in [0.25, 0.3) is 0 Å². The Morgan fingerprint density at radius 3 is 1.17 bits per heavy atom. The zero-order valence-corrected chi connectivity index (χ0v) is 2.74. The second kappa shape index (κ2) is 8.86. The molecule has 0 aromatic heterocycles. The summed E-state index contributed by atoms with van der Waals surface area (Å²) in [6.07, 6.45) is 0. The molecular formula is C2H2F3N. The molecule has 0 saturated heterocycles. The molecular weight excluding hydrogens is 95.0 g/mol. The van der Waals surface area contributed by atoms with Gasteiger partial charge in [0.2, 0.25) is 0 Å². The van der Waals surface area contributed by atoms with Gasteiger partial charge in [-0.15, -0.1) is 0 Å². The molecule has 0 N–H and O–H groups in total. The molecule has 0 saturated carbocycles. The third-order valence-electron chi connectivity index (χ3n) is 0. The van der Waals surface area contributed by atoms with E-state index in [-0.39, 0.29) is 0 Å². The molecule has 0 rings (SSSR count). The number of nitrogens with zero attached hydrogens (tertiary/aromatic N) is 1. The number of hydrogen-bond donors (Lipinski definition) is 0. The summed E-state index contributed by atoms with van der Waals surface area (Å²) in [5.41, 5.74) is 0. The Hall–Kier alpha value is -0.720. The summed E-state index contributed by atoms with van der Waals surface area (Å²) < 4.78 is 29.0. The van der Waals surface area contributed by atoms with Gasteiger partial charge in [0.15, 0.2) is 0 Å². The van der Waals surface area contributed by atoms with Crippen molar-refractivity contribution in [3.8, 4) is 6.57 Å². The highest BCUT2D eigenvalue weighted by Crippen LogP contribution is 1.87. The maximum Gasteiger partial charge on any atom is 0.379 e. The fraction of sp³-hybridized carbons (Fsp3) is 0.500. The Morgan fingerprint density at radius 2 is 1.17 bits per heavy atom. The monoisotopic (exact) mass is 97.0 g/mol. The molecule has 6 heavy (non-hydrogen) atoms. The van der Waals surface area contributed by atoms with Crippen molar-refractivity contribution >= 4 is 0 Å². The first-order valence-electron chi connectivity index (χ1n) is 0.913. The van der Waals surface area contributed by atoms with Crippen LogP contribution < -0.4 is 0 Å². The summed E-state index contributed by atoms with van der Waals surface area (Å²) in [4.78, 5) is 0. The number of nitriles is 1. The summed E-state index contributed by atoms with van der Waals surface area (Å²) in [5.74, 6) is 0. The van der Waals surface area contributed by atoms with Gasteiger partial charge in [0.05, 0.1) is 0 Å². The highest BCUT2D eigenvalue weighted by Gasteiger charge is 1.86. The van der Waals surface area contributed by atoms with Crippen molar-refractivity contribution in [1.29, 1.82) is 5.26 Å². The van der Waals surface area contributed by atoms with E-state index in [1.165, 1.54) is 0 Å². The van der Waals surface area contributed by atoms with Crippen LogP contribution >= 0.6 is 0 Å². The third-order valence-corrected chi connectivity index (χ3v) is 0. The van der Waals surface area contributed by atoms with Crippen LogP contribution in [0.4, 0.5) is 13.2 Å². The van der Waals surface area contributed by atoms with Crippen LogP contribution in [0.2, 0.25) is 0 Å². The maximum absolute atomic E-state index is 9.67. The van der Waals surface area contributed by atoms with Crippen molar-refractivity contribution in [3.05, 3.63) is 0 Å². The molecule has 0 amide bonds. The van der Waals surface area contributed by atoms with Crippen LogP contribution in [-0.4, -0.2) is 6.68 Å². The molecule has 0 aliphatic rings. The van der Waals surface area contributed by atoms with Crippen molar-refractivity contribution in [2.75, 3.05) is 0 Å². The molecule has 0 aromatic carbocycles. The van der Waals surface area contributed by atoms with Gasteiger partial charge < -0.3 is 0 Å². The Balaban J connectivity index is 0. The minimum Gasteiger partial charge on any atom is -0.202 e. The van der Waals surface area contributed by atoms with Crippen molar-refractivity contribution in [2.24, 2.45) is 0 Å². The molecule has 0 bridgehead atoms. The Bertz CT molecular complexity index is 30.3. The SMILES string of the molecule is C#N.FC(F)F. The molecule has 4 heteroatoms. The van der Waals surface area contributed by atoms with E-state index in [1.807, 2.05) is 0 Å². The molecule has 1 nitrogen and oxygen atoms in total. The van der Waals surface area contributed by atoms with Crippen molar-refractivity contribution in [3.63, 3.8) is 0 Å². The Kier molecular flexibility index (Phi) is 13.3. The normalized spacial score (nSPS) is 6.33. The van der Waals surface area contributed by atoms with Crippen LogP contribution in [0.5, 0.6) is 0 Å². The van der Waals surface area contributed by atoms with Gasteiger partial charge in [-0.25, -0.2) is 5.26 Å². The van der Waals surface area contributed by atoms with Gasteiger partial charge in [0.1, 0.15) is 0 Å². The highest BCUT2D eigenvalue weighted by atomic mass is 19.4. The predicted octanol–water partition coefficient (Wildman–Crippen LogP) is 1.32. The molecule has 0 radical (unpaired) electrons. The van der Waals surface area contributed by atoms with Crippen LogP contribution in [0.3, 0.4) is 0 Å². The quantitative estimate of drug-likeness (QED) is 0.447. The summed E-state index contributed by atoms with van der Waals surface area (Å²) in [5, 5.41) is 6.50. The number of hydrogen-bond acceptors (Lipinski definition) is 1. The molecule has 0 heterocycles. The highest BCUT2D eigenvalue weighted by molar-refractivity contribution is 4.03. The standard InChI is InChI=1S/CHF3.CHN/c2-1(3)4;1-2/h1H;1H. The van der Waals surface area contributed by atoms with E-state index < -0.39 is 6.68 Å². The summed E-state index contributed by atoms with van der Waals surface area (Å²) in [6.45, 7) is -0.167. The van der Waals surface area contributed by atoms with Crippen molar-refractivity contribution < 1.29 is 13.2 Å². The smallest absolute Gasteiger partial charge is 0.202 e. The van der Waals surface area contributed by atoms with Gasteiger partial charge in [0.25, 0.3) is 0 Å². The van der Waals surface area contributed by atoms with Crippen LogP contribution in [-0.2, 0) is 0 Å². The maximum atomic E-state index is 9.67. The molecule has 0 aromatic rings. The summed E-state index contributed by atoms with van der Waals surface area (Å²) in [6, 6.07) is 0. The van der Waals surface area contributed by atoms with E-state index in [1.54, 1.807) is 0 Å². The summed E-state index contributed by atoms with van der Waals surface area (Å²) >= 11 is 0. The van der Waals surface area contributed by atoms with E-state index in [4.69, 9.17) is 5.26 Å². The molecule has 0 aliphatic carbocycles. The molecule has 0 atom stereocenters. The fourth-order valence-electron chi connectivity index (χ4n) is 0. The fourth-order valence-corrected chi connectivity index (χ4v) is 0. The van der Waals surface area contributed by atoms with Gasteiger partial charge in [0, 0.05) is 6.57 Å². The van der Waals surface area contributed by atoms with E-state index >= 15 is 0 Å². The number of alkyl halides is 3. The van der Waals surface area contributed by atoms with Gasteiger partial charge in [-0.3, -0.25) is 0 Å². The zero-order chi connectivity index (χ0) is 5.58. The topological polar surface area (TPSA) is 23.8 Å². The average molecular weight is 97.0 g/mol. The molecule has 36 valence electrons. The lowest BCUT2D eigenvalue weighted by Crippen LogP contribution is -1.65. The van der Waals surface area contributed by atoms with Crippen LogP contribution in [0.15, 0.2) is 0 Å². The molecule has 0 fully saturated rings. The van der Waals surface area contributed by atoms with Gasteiger partial charge >= 0.3 is 6.68 Å². The number of halogens is 3. The zero-order valence-electron chi connectivity index (χ0n) is 2.74. The largest absolute Gasteiger partial charge is 0.379 e. The lowest BCUT2D eigenvalue weighted by molar-refractivity contribution is 0.00819. The average Bonchev–Trinajstić information content (AvgIpc) is 1.41. The molecule has 0 unspecified atom stereocenters. The van der Waals surface area contributed by atoms with Crippen molar-refractivity contribution in [1.82, 2.24) is 0 Å². The first-order chi connectivity index (χ1) is 2.73. The second-order valence-corrected chi connectivity index (χ2v) is 0.247. The van der Waals surface area contributed by atoms with Crippen molar-refractivity contribution in [2.45, 2.75) is 6.68 Å². The Labute approximate surface area is 33.0 Å². The van der Waals surface area contributed by atoms with Crippen LogP contribution in [0, 0.1) is 11.8 Å². The third kappa shape index (κ3) is 32.9. The summed E-state index contributed by atoms with van der Waals surface area (Å²) in [7, 11) is 0. The first-order valence-corrected chi connectivity index (χ1v) is 0.913. The first kappa shape index (κ1) is 8.99. The van der Waals surface area contributed by atoms with Gasteiger partial charge in [-0.2, -0.15) is 13.2 Å². The van der Waals surface area contributed by atoms with Gasteiger partial charge in [-0.1, -0.05) is 0 Å². The molecule has 0 aliphatic heterocycles. The van der Waals surface area contributed by atoms with E-state index in [0.717, 1.165) is 0 Å². The predicted molar refractivity (Wildman–Crippen MR) is 13.8 cm³/mol. The minimum atomic E-state index is -3.67. The van der Waals surface area contributed by atoms with E-state index in [2.05, 4.69) is 6.57 Å². The Morgan fingerprint density at radius 1 is 1.17 bits per heavy atom. The lowest BCUT2D eigenvalue weighted by Gasteiger charge is -1.65.